The van der Waals surface area contributed by atoms with Gasteiger partial charge in [-0.1, -0.05) is 6.07 Å². The Morgan fingerprint density at radius 1 is 0.920 bits per heavy atom. The van der Waals surface area contributed by atoms with Crippen molar-refractivity contribution in [3.8, 4) is 17.2 Å². The lowest BCUT2D eigenvalue weighted by Gasteiger charge is -2.17. The number of ether oxygens (including phenoxy) is 3. The van der Waals surface area contributed by atoms with E-state index in [4.69, 9.17) is 14.2 Å². The standard InChI is InChI=1S/C20H22N2O3/c1-21-18(14-6-8-16-13(12-14)10-11-22(16)2)15-7-9-17(23-3)20(25-5)19(15)24-4/h6-12H,1-5H3. The van der Waals surface area contributed by atoms with Crippen molar-refractivity contribution in [2.24, 2.45) is 12.0 Å². The number of hydrogen-bond acceptors (Lipinski definition) is 4. The molecule has 0 saturated carbocycles. The summed E-state index contributed by atoms with van der Waals surface area (Å²) in [5, 5.41) is 1.17. The summed E-state index contributed by atoms with van der Waals surface area (Å²) < 4.78 is 18.6. The van der Waals surface area contributed by atoms with E-state index >= 15 is 0 Å². The molecule has 5 nitrogen and oxygen atoms in total. The second kappa shape index (κ2) is 6.89. The van der Waals surface area contributed by atoms with E-state index in [2.05, 4.69) is 33.8 Å². The van der Waals surface area contributed by atoms with Crippen LogP contribution in [0.4, 0.5) is 0 Å². The highest BCUT2D eigenvalue weighted by Gasteiger charge is 2.20. The molecule has 1 aromatic heterocycles. The molecule has 130 valence electrons. The number of hydrogen-bond donors (Lipinski definition) is 0. The van der Waals surface area contributed by atoms with Gasteiger partial charge < -0.3 is 18.8 Å². The predicted octanol–water partition coefficient (Wildman–Crippen LogP) is 3.67. The van der Waals surface area contributed by atoms with Crippen LogP contribution >= 0.6 is 0 Å². The Kier molecular flexibility index (Phi) is 4.65. The molecule has 3 aromatic rings. The number of methoxy groups -OCH3 is 3. The first kappa shape index (κ1) is 16.9. The average molecular weight is 338 g/mol. The third-order valence-corrected chi connectivity index (χ3v) is 4.34. The maximum Gasteiger partial charge on any atom is 0.203 e. The second-order valence-electron chi connectivity index (χ2n) is 5.65. The third-order valence-electron chi connectivity index (χ3n) is 4.34. The lowest BCUT2D eigenvalue weighted by atomic mass is 9.99. The molecule has 0 amide bonds. The zero-order valence-electron chi connectivity index (χ0n) is 15.2. The Morgan fingerprint density at radius 3 is 2.32 bits per heavy atom. The first-order chi connectivity index (χ1) is 12.1. The highest BCUT2D eigenvalue weighted by Crippen LogP contribution is 2.40. The summed E-state index contributed by atoms with van der Waals surface area (Å²) >= 11 is 0. The number of fused-ring (bicyclic) bond motifs is 1. The molecule has 0 atom stereocenters. The molecule has 0 radical (unpaired) electrons. The Hall–Kier alpha value is -2.95. The van der Waals surface area contributed by atoms with E-state index in [1.165, 1.54) is 10.9 Å². The third kappa shape index (κ3) is 2.82. The van der Waals surface area contributed by atoms with Gasteiger partial charge in [0.15, 0.2) is 11.5 Å². The quantitative estimate of drug-likeness (QED) is 0.667. The zero-order chi connectivity index (χ0) is 18.0. The Balaban J connectivity index is 2.17. The van der Waals surface area contributed by atoms with Crippen LogP contribution in [0, 0.1) is 0 Å². The first-order valence-electron chi connectivity index (χ1n) is 7.96. The van der Waals surface area contributed by atoms with Gasteiger partial charge >= 0.3 is 0 Å². The summed E-state index contributed by atoms with van der Waals surface area (Å²) in [6.07, 6.45) is 2.05. The van der Waals surface area contributed by atoms with Crippen molar-refractivity contribution in [1.29, 1.82) is 0 Å². The van der Waals surface area contributed by atoms with Crippen molar-refractivity contribution in [2.45, 2.75) is 0 Å². The molecule has 3 rings (SSSR count). The van der Waals surface area contributed by atoms with Gasteiger partial charge in [-0.25, -0.2) is 0 Å². The van der Waals surface area contributed by atoms with Gasteiger partial charge in [0.2, 0.25) is 5.75 Å². The van der Waals surface area contributed by atoms with Crippen LogP contribution in [0.2, 0.25) is 0 Å². The summed E-state index contributed by atoms with van der Waals surface area (Å²) in [6, 6.07) is 12.2. The minimum absolute atomic E-state index is 0.560. The van der Waals surface area contributed by atoms with E-state index in [1.807, 2.05) is 25.4 Å². The highest BCUT2D eigenvalue weighted by atomic mass is 16.5. The summed E-state index contributed by atoms with van der Waals surface area (Å²) in [5.41, 5.74) is 3.90. The Bertz CT molecular complexity index is 942. The number of benzene rings is 2. The largest absolute Gasteiger partial charge is 0.493 e. The van der Waals surface area contributed by atoms with Gasteiger partial charge in [-0.3, -0.25) is 4.99 Å². The van der Waals surface area contributed by atoms with E-state index in [-0.39, 0.29) is 0 Å². The van der Waals surface area contributed by atoms with E-state index in [0.29, 0.717) is 17.2 Å². The van der Waals surface area contributed by atoms with Gasteiger partial charge in [0.05, 0.1) is 27.0 Å². The van der Waals surface area contributed by atoms with Crippen molar-refractivity contribution in [2.75, 3.05) is 28.4 Å². The smallest absolute Gasteiger partial charge is 0.203 e. The zero-order valence-corrected chi connectivity index (χ0v) is 15.2. The van der Waals surface area contributed by atoms with Gasteiger partial charge in [0, 0.05) is 42.3 Å². The highest BCUT2D eigenvalue weighted by molar-refractivity contribution is 6.16. The summed E-state index contributed by atoms with van der Waals surface area (Å²) in [4.78, 5) is 4.52. The minimum atomic E-state index is 0.560. The molecule has 0 saturated heterocycles. The van der Waals surface area contributed by atoms with Crippen LogP contribution in [-0.4, -0.2) is 38.7 Å². The van der Waals surface area contributed by atoms with Gasteiger partial charge in [-0.05, 0) is 30.3 Å². The number of nitrogens with zero attached hydrogens (tertiary/aromatic N) is 2. The summed E-state index contributed by atoms with van der Waals surface area (Å²) in [5.74, 6) is 1.79. The minimum Gasteiger partial charge on any atom is -0.493 e. The van der Waals surface area contributed by atoms with Gasteiger partial charge in [0.1, 0.15) is 0 Å². The fourth-order valence-electron chi connectivity index (χ4n) is 3.12. The fraction of sp³-hybridized carbons (Fsp3) is 0.250. The molecule has 2 aromatic carbocycles. The topological polar surface area (TPSA) is 45.0 Å². The molecule has 0 fully saturated rings. The molecular weight excluding hydrogens is 316 g/mol. The molecule has 5 heteroatoms. The fourth-order valence-corrected chi connectivity index (χ4v) is 3.12. The molecule has 0 bridgehead atoms. The SMILES string of the molecule is CN=C(c1ccc2c(ccn2C)c1)c1ccc(OC)c(OC)c1OC. The van der Waals surface area contributed by atoms with E-state index in [9.17, 15) is 0 Å². The van der Waals surface area contributed by atoms with Crippen molar-refractivity contribution < 1.29 is 14.2 Å². The van der Waals surface area contributed by atoms with Crippen LogP contribution in [-0.2, 0) is 7.05 Å². The van der Waals surface area contributed by atoms with E-state index in [0.717, 1.165) is 16.8 Å². The maximum absolute atomic E-state index is 5.62. The van der Waals surface area contributed by atoms with Crippen LogP contribution in [0.1, 0.15) is 11.1 Å². The first-order valence-corrected chi connectivity index (χ1v) is 7.96. The van der Waals surface area contributed by atoms with Crippen molar-refractivity contribution >= 4 is 16.6 Å². The number of aliphatic imine (C=N–C) groups is 1. The molecule has 0 N–H and O–H groups in total. The van der Waals surface area contributed by atoms with Crippen LogP contribution in [0.3, 0.4) is 0 Å². The van der Waals surface area contributed by atoms with E-state index in [1.54, 1.807) is 28.4 Å². The summed E-state index contributed by atoms with van der Waals surface area (Å²) in [7, 11) is 8.64. The van der Waals surface area contributed by atoms with Crippen LogP contribution in [0.15, 0.2) is 47.6 Å². The number of aryl methyl sites for hydroxylation is 1. The molecule has 0 spiro atoms. The predicted molar refractivity (Wildman–Crippen MR) is 101 cm³/mol. The number of aromatic nitrogens is 1. The molecule has 25 heavy (non-hydrogen) atoms. The van der Waals surface area contributed by atoms with Crippen molar-refractivity contribution in [1.82, 2.24) is 4.57 Å². The van der Waals surface area contributed by atoms with Gasteiger partial charge in [-0.2, -0.15) is 0 Å². The van der Waals surface area contributed by atoms with Crippen molar-refractivity contribution in [3.63, 3.8) is 0 Å². The molecule has 0 aliphatic rings. The lowest BCUT2D eigenvalue weighted by molar-refractivity contribution is 0.324. The van der Waals surface area contributed by atoms with Gasteiger partial charge in [0.25, 0.3) is 0 Å². The Labute approximate surface area is 147 Å². The number of rotatable bonds is 5. The van der Waals surface area contributed by atoms with Crippen LogP contribution in [0.25, 0.3) is 10.9 Å². The maximum atomic E-state index is 5.62. The molecule has 0 unspecified atom stereocenters. The van der Waals surface area contributed by atoms with Crippen LogP contribution in [0.5, 0.6) is 17.2 Å². The summed E-state index contributed by atoms with van der Waals surface area (Å²) in [6.45, 7) is 0. The lowest BCUT2D eigenvalue weighted by Crippen LogP contribution is -2.07. The normalized spacial score (nSPS) is 11.6. The molecular formula is C20H22N2O3. The average Bonchev–Trinajstić information content (AvgIpc) is 3.02. The molecule has 1 heterocycles. The van der Waals surface area contributed by atoms with E-state index < -0.39 is 0 Å². The van der Waals surface area contributed by atoms with Gasteiger partial charge in [-0.15, -0.1) is 0 Å². The Morgan fingerprint density at radius 2 is 1.68 bits per heavy atom. The monoisotopic (exact) mass is 338 g/mol. The van der Waals surface area contributed by atoms with Crippen molar-refractivity contribution in [3.05, 3.63) is 53.7 Å². The van der Waals surface area contributed by atoms with Crippen LogP contribution < -0.4 is 14.2 Å². The molecule has 0 aliphatic heterocycles. The second-order valence-corrected chi connectivity index (χ2v) is 5.65. The molecule has 0 aliphatic carbocycles.